The molecule has 0 saturated heterocycles. The molecule has 0 radical (unpaired) electrons. The van der Waals surface area contributed by atoms with Crippen LogP contribution in [0.2, 0.25) is 0 Å². The van der Waals surface area contributed by atoms with Crippen LogP contribution in [-0.4, -0.2) is 31.3 Å². The van der Waals surface area contributed by atoms with Gasteiger partial charge in [0.2, 0.25) is 0 Å². The third-order valence-corrected chi connectivity index (χ3v) is 4.20. The molecule has 5 nitrogen and oxygen atoms in total. The number of carbonyl (C=O) groups excluding carboxylic acids is 1. The molecule has 2 aromatic rings. The van der Waals surface area contributed by atoms with Crippen molar-refractivity contribution in [3.05, 3.63) is 51.7 Å². The van der Waals surface area contributed by atoms with Crippen LogP contribution in [0.25, 0.3) is 0 Å². The summed E-state index contributed by atoms with van der Waals surface area (Å²) in [7, 11) is 1.64. The number of urea groups is 1. The van der Waals surface area contributed by atoms with Crippen LogP contribution in [0.5, 0.6) is 5.75 Å². The second-order valence-corrected chi connectivity index (χ2v) is 6.05. The fraction of sp³-hybridized carbons (Fsp3) is 0.353. The third kappa shape index (κ3) is 5.26. The molecule has 0 aliphatic heterocycles. The molecule has 1 atom stereocenters. The number of amides is 2. The maximum Gasteiger partial charge on any atom is 0.314 e. The third-order valence-electron chi connectivity index (χ3n) is 3.50. The van der Waals surface area contributed by atoms with Crippen LogP contribution in [-0.2, 0) is 6.42 Å². The monoisotopic (exact) mass is 334 g/mol. The molecular formula is C17H22N2O3S. The minimum absolute atomic E-state index is 0.191. The number of methoxy groups -OCH3 is 1. The van der Waals surface area contributed by atoms with Gasteiger partial charge in [-0.15, -0.1) is 0 Å². The van der Waals surface area contributed by atoms with E-state index in [1.165, 1.54) is 11.3 Å². The van der Waals surface area contributed by atoms with Gasteiger partial charge in [0.25, 0.3) is 0 Å². The minimum atomic E-state index is -0.677. The van der Waals surface area contributed by atoms with Gasteiger partial charge in [0, 0.05) is 13.1 Å². The SMILES string of the molecule is COc1ccc(C)cc1CCNC(=O)NCC(O)c1ccsc1. The summed E-state index contributed by atoms with van der Waals surface area (Å²) in [5.41, 5.74) is 3.04. The predicted molar refractivity (Wildman–Crippen MR) is 92.1 cm³/mol. The highest BCUT2D eigenvalue weighted by Crippen LogP contribution is 2.19. The quantitative estimate of drug-likeness (QED) is 0.729. The number of hydrogen-bond acceptors (Lipinski definition) is 4. The lowest BCUT2D eigenvalue weighted by Crippen LogP contribution is -2.38. The van der Waals surface area contributed by atoms with Crippen LogP contribution in [0.3, 0.4) is 0 Å². The molecule has 0 bridgehead atoms. The highest BCUT2D eigenvalue weighted by atomic mass is 32.1. The Kier molecular flexibility index (Phi) is 6.43. The molecular weight excluding hydrogens is 312 g/mol. The van der Waals surface area contributed by atoms with Gasteiger partial charge in [-0.25, -0.2) is 4.79 Å². The van der Waals surface area contributed by atoms with E-state index in [2.05, 4.69) is 16.7 Å². The average Bonchev–Trinajstić information content (AvgIpc) is 3.07. The lowest BCUT2D eigenvalue weighted by molar-refractivity contribution is 0.173. The first-order chi connectivity index (χ1) is 11.1. The number of ether oxygens (including phenoxy) is 1. The van der Waals surface area contributed by atoms with Crippen molar-refractivity contribution in [1.82, 2.24) is 10.6 Å². The average molecular weight is 334 g/mol. The fourth-order valence-corrected chi connectivity index (χ4v) is 2.95. The molecule has 0 fully saturated rings. The van der Waals surface area contributed by atoms with Crippen LogP contribution in [0.15, 0.2) is 35.0 Å². The molecule has 0 spiro atoms. The van der Waals surface area contributed by atoms with Gasteiger partial charge in [0.1, 0.15) is 5.75 Å². The first-order valence-electron chi connectivity index (χ1n) is 7.45. The van der Waals surface area contributed by atoms with Crippen molar-refractivity contribution in [2.45, 2.75) is 19.4 Å². The zero-order valence-electron chi connectivity index (χ0n) is 13.3. The molecule has 1 unspecified atom stereocenters. The highest BCUT2D eigenvalue weighted by molar-refractivity contribution is 7.07. The van der Waals surface area contributed by atoms with Gasteiger partial charge in [0.15, 0.2) is 0 Å². The largest absolute Gasteiger partial charge is 0.496 e. The summed E-state index contributed by atoms with van der Waals surface area (Å²) in [6.07, 6.45) is 0.00890. The molecule has 0 aliphatic rings. The Morgan fingerprint density at radius 1 is 1.35 bits per heavy atom. The molecule has 0 aliphatic carbocycles. The molecule has 1 aromatic heterocycles. The Labute approximate surface area is 140 Å². The lowest BCUT2D eigenvalue weighted by Gasteiger charge is -2.13. The van der Waals surface area contributed by atoms with E-state index >= 15 is 0 Å². The van der Waals surface area contributed by atoms with Gasteiger partial charge in [-0.2, -0.15) is 11.3 Å². The van der Waals surface area contributed by atoms with Crippen LogP contribution < -0.4 is 15.4 Å². The van der Waals surface area contributed by atoms with Crippen LogP contribution in [0.1, 0.15) is 22.8 Å². The number of benzene rings is 1. The van der Waals surface area contributed by atoms with Gasteiger partial charge >= 0.3 is 6.03 Å². The standard InChI is InChI=1S/C17H22N2O3S/c1-12-3-4-16(22-2)13(9-12)5-7-18-17(21)19-10-15(20)14-6-8-23-11-14/h3-4,6,8-9,11,15,20H,5,7,10H2,1-2H3,(H2,18,19,21). The van der Waals surface area contributed by atoms with E-state index in [4.69, 9.17) is 4.74 Å². The van der Waals surface area contributed by atoms with E-state index in [0.29, 0.717) is 13.0 Å². The summed E-state index contributed by atoms with van der Waals surface area (Å²) < 4.78 is 5.32. The van der Waals surface area contributed by atoms with E-state index in [9.17, 15) is 9.90 Å². The number of hydrogen-bond donors (Lipinski definition) is 3. The summed E-state index contributed by atoms with van der Waals surface area (Å²) in [6.45, 7) is 2.71. The smallest absolute Gasteiger partial charge is 0.314 e. The topological polar surface area (TPSA) is 70.6 Å². The number of carbonyl (C=O) groups is 1. The Morgan fingerprint density at radius 3 is 2.87 bits per heavy atom. The van der Waals surface area contributed by atoms with Crippen molar-refractivity contribution in [2.24, 2.45) is 0 Å². The molecule has 6 heteroatoms. The predicted octanol–water partition coefficient (Wildman–Crippen LogP) is 2.64. The van der Waals surface area contributed by atoms with Gasteiger partial charge in [0.05, 0.1) is 13.2 Å². The molecule has 23 heavy (non-hydrogen) atoms. The Hall–Kier alpha value is -2.05. The van der Waals surface area contributed by atoms with E-state index in [1.807, 2.05) is 35.9 Å². The first-order valence-corrected chi connectivity index (χ1v) is 8.40. The fourth-order valence-electron chi connectivity index (χ4n) is 2.25. The van der Waals surface area contributed by atoms with Crippen LogP contribution >= 0.6 is 11.3 Å². The van der Waals surface area contributed by atoms with E-state index in [1.54, 1.807) is 7.11 Å². The number of rotatable bonds is 7. The van der Waals surface area contributed by atoms with Crippen molar-refractivity contribution >= 4 is 17.4 Å². The number of aryl methyl sites for hydroxylation is 1. The first kappa shape index (κ1) is 17.3. The van der Waals surface area contributed by atoms with Crippen molar-refractivity contribution in [1.29, 1.82) is 0 Å². The summed E-state index contributed by atoms with van der Waals surface area (Å²) in [6, 6.07) is 7.54. The van der Waals surface area contributed by atoms with Crippen molar-refractivity contribution in [3.63, 3.8) is 0 Å². The number of nitrogens with one attached hydrogen (secondary N) is 2. The maximum atomic E-state index is 11.8. The molecule has 3 N–H and O–H groups in total. The van der Waals surface area contributed by atoms with Crippen LogP contribution in [0.4, 0.5) is 4.79 Å². The summed E-state index contributed by atoms with van der Waals surface area (Å²) in [4.78, 5) is 11.8. The van der Waals surface area contributed by atoms with Gasteiger partial charge in [-0.1, -0.05) is 17.7 Å². The highest BCUT2D eigenvalue weighted by Gasteiger charge is 2.10. The molecule has 2 rings (SSSR count). The molecule has 1 aromatic carbocycles. The van der Waals surface area contributed by atoms with Gasteiger partial charge < -0.3 is 20.5 Å². The second kappa shape index (κ2) is 8.55. The van der Waals surface area contributed by atoms with Crippen molar-refractivity contribution in [2.75, 3.05) is 20.2 Å². The van der Waals surface area contributed by atoms with E-state index in [-0.39, 0.29) is 12.6 Å². The molecule has 124 valence electrons. The normalized spacial score (nSPS) is 11.8. The maximum absolute atomic E-state index is 11.8. The Morgan fingerprint density at radius 2 is 2.17 bits per heavy atom. The summed E-state index contributed by atoms with van der Waals surface area (Å²) >= 11 is 1.52. The summed E-state index contributed by atoms with van der Waals surface area (Å²) in [5, 5.41) is 19.1. The Bertz CT molecular complexity index is 629. The van der Waals surface area contributed by atoms with Crippen LogP contribution in [0, 0.1) is 6.92 Å². The Balaban J connectivity index is 1.74. The number of aliphatic hydroxyl groups excluding tert-OH is 1. The number of aliphatic hydroxyl groups is 1. The molecule has 0 saturated carbocycles. The zero-order valence-corrected chi connectivity index (χ0v) is 14.2. The zero-order chi connectivity index (χ0) is 16.7. The summed E-state index contributed by atoms with van der Waals surface area (Å²) in [5.74, 6) is 0.825. The number of thiophene rings is 1. The van der Waals surface area contributed by atoms with Crippen molar-refractivity contribution < 1.29 is 14.6 Å². The molecule has 1 heterocycles. The minimum Gasteiger partial charge on any atom is -0.496 e. The van der Waals surface area contributed by atoms with E-state index in [0.717, 1.165) is 22.4 Å². The second-order valence-electron chi connectivity index (χ2n) is 5.27. The van der Waals surface area contributed by atoms with Gasteiger partial charge in [-0.05, 0) is 47.4 Å². The lowest BCUT2D eigenvalue weighted by atomic mass is 10.1. The molecule has 2 amide bonds. The van der Waals surface area contributed by atoms with Crippen molar-refractivity contribution in [3.8, 4) is 5.75 Å². The van der Waals surface area contributed by atoms with Gasteiger partial charge in [-0.3, -0.25) is 0 Å². The van der Waals surface area contributed by atoms with E-state index < -0.39 is 6.10 Å².